The maximum Gasteiger partial charge on any atom is 0.322 e. The second-order valence-electron chi connectivity index (χ2n) is 10.2. The van der Waals surface area contributed by atoms with Gasteiger partial charge in [0.1, 0.15) is 6.04 Å². The first-order valence-corrected chi connectivity index (χ1v) is 15.1. The summed E-state index contributed by atoms with van der Waals surface area (Å²) in [5, 5.41) is 12.7. The van der Waals surface area contributed by atoms with Crippen LogP contribution in [0.3, 0.4) is 0 Å². The normalized spacial score (nSPS) is 15.4. The van der Waals surface area contributed by atoms with Gasteiger partial charge in [0.2, 0.25) is 10.0 Å². The van der Waals surface area contributed by atoms with Crippen molar-refractivity contribution in [3.8, 4) is 0 Å². The van der Waals surface area contributed by atoms with Crippen LogP contribution in [0.4, 0.5) is 5.69 Å². The Bertz CT molecular complexity index is 1180. The highest BCUT2D eigenvalue weighted by Crippen LogP contribution is 2.24. The summed E-state index contributed by atoms with van der Waals surface area (Å²) in [5.41, 5.74) is 2.15. The van der Waals surface area contributed by atoms with Gasteiger partial charge in [0.15, 0.2) is 0 Å². The van der Waals surface area contributed by atoms with Crippen LogP contribution in [0.25, 0.3) is 0 Å². The monoisotopic (exact) mass is 559 g/mol. The smallest absolute Gasteiger partial charge is 0.322 e. The number of benzene rings is 2. The highest BCUT2D eigenvalue weighted by Gasteiger charge is 2.38. The third kappa shape index (κ3) is 8.60. The van der Waals surface area contributed by atoms with Gasteiger partial charge in [-0.3, -0.25) is 14.5 Å². The van der Waals surface area contributed by atoms with Crippen molar-refractivity contribution in [1.29, 1.82) is 0 Å². The molecule has 1 fully saturated rings. The third-order valence-corrected chi connectivity index (χ3v) is 8.83. The molecule has 2 aromatic carbocycles. The molecule has 1 aliphatic heterocycles. The van der Waals surface area contributed by atoms with E-state index in [1.165, 1.54) is 36.2 Å². The van der Waals surface area contributed by atoms with Crippen molar-refractivity contribution >= 4 is 27.6 Å². The molecule has 1 unspecified atom stereocenters. The van der Waals surface area contributed by atoms with E-state index >= 15 is 0 Å². The Labute approximate surface area is 232 Å². The standard InChI is InChI=1S/C29H41N3O6S/c1-4-5-6-7-23-8-10-24(11-9-23)28(33)30-25-12-14-26(15-13-25)39(36,37)32(27(22(2)3)29(34)35)17-16-31-18-20-38-21-19-31/h8-15,22,27H,4-7,16-21H2,1-3H3,(H,30,33)(H,34,35). The largest absolute Gasteiger partial charge is 0.480 e. The van der Waals surface area contributed by atoms with Crippen molar-refractivity contribution < 1.29 is 27.9 Å². The lowest BCUT2D eigenvalue weighted by molar-refractivity contribution is -0.143. The molecule has 0 radical (unpaired) electrons. The lowest BCUT2D eigenvalue weighted by Crippen LogP contribution is -2.51. The fourth-order valence-electron chi connectivity index (χ4n) is 4.67. The van der Waals surface area contributed by atoms with Gasteiger partial charge in [-0.05, 0) is 60.7 Å². The average molecular weight is 560 g/mol. The maximum absolute atomic E-state index is 13.7. The van der Waals surface area contributed by atoms with Gasteiger partial charge in [0.05, 0.1) is 18.1 Å². The molecule has 10 heteroatoms. The molecular formula is C29H41N3O6S. The summed E-state index contributed by atoms with van der Waals surface area (Å²) in [6.45, 7) is 8.49. The number of aryl methyl sites for hydroxylation is 1. The number of aliphatic carboxylic acids is 1. The predicted molar refractivity (Wildman–Crippen MR) is 151 cm³/mol. The Kier molecular flexibility index (Phi) is 11.5. The van der Waals surface area contributed by atoms with Gasteiger partial charge in [0, 0.05) is 37.4 Å². The Morgan fingerprint density at radius 3 is 2.23 bits per heavy atom. The molecule has 1 saturated heterocycles. The molecule has 2 N–H and O–H groups in total. The summed E-state index contributed by atoms with van der Waals surface area (Å²) in [5.74, 6) is -1.90. The lowest BCUT2D eigenvalue weighted by atomic mass is 10.0. The third-order valence-electron chi connectivity index (χ3n) is 6.94. The number of sulfonamides is 1. The molecule has 1 aliphatic rings. The molecule has 0 spiro atoms. The number of anilines is 1. The van der Waals surface area contributed by atoms with E-state index in [4.69, 9.17) is 4.74 Å². The number of hydrogen-bond donors (Lipinski definition) is 2. The van der Waals surface area contributed by atoms with Crippen molar-refractivity contribution in [3.05, 3.63) is 59.7 Å². The van der Waals surface area contributed by atoms with E-state index in [9.17, 15) is 23.1 Å². The van der Waals surface area contributed by atoms with E-state index in [2.05, 4.69) is 17.1 Å². The van der Waals surface area contributed by atoms with E-state index < -0.39 is 28.0 Å². The number of hydrogen-bond acceptors (Lipinski definition) is 6. The summed E-state index contributed by atoms with van der Waals surface area (Å²) in [6, 6.07) is 12.1. The van der Waals surface area contributed by atoms with Crippen molar-refractivity contribution in [2.75, 3.05) is 44.7 Å². The molecule has 1 atom stereocenters. The molecule has 0 bridgehead atoms. The van der Waals surface area contributed by atoms with Gasteiger partial charge in [-0.15, -0.1) is 0 Å². The number of carboxylic acids is 1. The average Bonchev–Trinajstić information content (AvgIpc) is 2.91. The summed E-state index contributed by atoms with van der Waals surface area (Å²) in [7, 11) is -4.12. The van der Waals surface area contributed by atoms with E-state index in [0.717, 1.165) is 23.6 Å². The van der Waals surface area contributed by atoms with Crippen LogP contribution in [-0.2, 0) is 26.0 Å². The zero-order chi connectivity index (χ0) is 28.4. The SMILES string of the molecule is CCCCCc1ccc(C(=O)Nc2ccc(S(=O)(=O)N(CCN3CCOCC3)C(C(=O)O)C(C)C)cc2)cc1. The Hall–Kier alpha value is -2.79. The zero-order valence-electron chi connectivity index (χ0n) is 23.1. The minimum absolute atomic E-state index is 0.0224. The van der Waals surface area contributed by atoms with Crippen molar-refractivity contribution in [2.24, 2.45) is 5.92 Å². The van der Waals surface area contributed by atoms with Crippen molar-refractivity contribution in [2.45, 2.75) is 57.4 Å². The zero-order valence-corrected chi connectivity index (χ0v) is 24.0. The second-order valence-corrected chi connectivity index (χ2v) is 12.1. The van der Waals surface area contributed by atoms with Crippen LogP contribution in [0.1, 0.15) is 56.0 Å². The fourth-order valence-corrected chi connectivity index (χ4v) is 6.37. The number of carboxylic acid groups (broad SMARTS) is 1. The number of nitrogens with zero attached hydrogens (tertiary/aromatic N) is 2. The molecule has 1 heterocycles. The summed E-state index contributed by atoms with van der Waals surface area (Å²) in [4.78, 5) is 26.9. The number of carbonyl (C=O) groups is 2. The second kappa shape index (κ2) is 14.6. The fraction of sp³-hybridized carbons (Fsp3) is 0.517. The number of carbonyl (C=O) groups excluding carboxylic acids is 1. The van der Waals surface area contributed by atoms with Gasteiger partial charge >= 0.3 is 5.97 Å². The van der Waals surface area contributed by atoms with E-state index in [0.29, 0.717) is 44.1 Å². The van der Waals surface area contributed by atoms with Crippen LogP contribution in [-0.4, -0.2) is 80.0 Å². The summed E-state index contributed by atoms with van der Waals surface area (Å²) < 4.78 is 33.8. The quantitative estimate of drug-likeness (QED) is 0.335. The predicted octanol–water partition coefficient (Wildman–Crippen LogP) is 4.10. The minimum atomic E-state index is -4.12. The van der Waals surface area contributed by atoms with E-state index in [-0.39, 0.29) is 17.3 Å². The topological polar surface area (TPSA) is 116 Å². The van der Waals surface area contributed by atoms with E-state index in [1.54, 1.807) is 26.0 Å². The van der Waals surface area contributed by atoms with Crippen LogP contribution < -0.4 is 5.32 Å². The van der Waals surface area contributed by atoms with Gasteiger partial charge in [0.25, 0.3) is 5.91 Å². The number of morpholine rings is 1. The minimum Gasteiger partial charge on any atom is -0.480 e. The Balaban J connectivity index is 1.73. The van der Waals surface area contributed by atoms with E-state index in [1.807, 2.05) is 12.1 Å². The number of unbranched alkanes of at least 4 members (excludes halogenated alkanes) is 2. The molecule has 214 valence electrons. The van der Waals surface area contributed by atoms with Crippen molar-refractivity contribution in [3.63, 3.8) is 0 Å². The van der Waals surface area contributed by atoms with Crippen LogP contribution in [0, 0.1) is 5.92 Å². The highest BCUT2D eigenvalue weighted by molar-refractivity contribution is 7.89. The Morgan fingerprint density at radius 1 is 1.03 bits per heavy atom. The molecule has 0 saturated carbocycles. The maximum atomic E-state index is 13.7. The molecule has 3 rings (SSSR count). The molecule has 39 heavy (non-hydrogen) atoms. The first kappa shape index (κ1) is 30.7. The molecule has 2 aromatic rings. The molecular weight excluding hydrogens is 518 g/mol. The number of ether oxygens (including phenoxy) is 1. The highest BCUT2D eigenvalue weighted by atomic mass is 32.2. The van der Waals surface area contributed by atoms with Gasteiger partial charge in [-0.1, -0.05) is 45.7 Å². The summed E-state index contributed by atoms with van der Waals surface area (Å²) >= 11 is 0. The van der Waals surface area contributed by atoms with Crippen LogP contribution in [0.5, 0.6) is 0 Å². The number of nitrogens with one attached hydrogen (secondary N) is 1. The molecule has 0 aromatic heterocycles. The first-order chi connectivity index (χ1) is 18.6. The van der Waals surface area contributed by atoms with Gasteiger partial charge in [-0.2, -0.15) is 4.31 Å². The number of rotatable bonds is 14. The summed E-state index contributed by atoms with van der Waals surface area (Å²) in [6.07, 6.45) is 4.43. The molecule has 1 amide bonds. The molecule has 0 aliphatic carbocycles. The van der Waals surface area contributed by atoms with Gasteiger partial charge in [-0.25, -0.2) is 8.42 Å². The van der Waals surface area contributed by atoms with Gasteiger partial charge < -0.3 is 15.2 Å². The van der Waals surface area contributed by atoms with Crippen LogP contribution in [0.2, 0.25) is 0 Å². The molecule has 9 nitrogen and oxygen atoms in total. The number of amides is 1. The van der Waals surface area contributed by atoms with Crippen LogP contribution >= 0.6 is 0 Å². The van der Waals surface area contributed by atoms with Crippen molar-refractivity contribution in [1.82, 2.24) is 9.21 Å². The van der Waals surface area contributed by atoms with Crippen LogP contribution in [0.15, 0.2) is 53.4 Å². The first-order valence-electron chi connectivity index (χ1n) is 13.7. The lowest BCUT2D eigenvalue weighted by Gasteiger charge is -2.33. The Morgan fingerprint density at radius 2 is 1.67 bits per heavy atom.